The van der Waals surface area contributed by atoms with E-state index in [-0.39, 0.29) is 17.0 Å². The van der Waals surface area contributed by atoms with Crippen molar-refractivity contribution >= 4 is 27.4 Å². The molecule has 0 spiro atoms. The maximum atomic E-state index is 11.6. The van der Waals surface area contributed by atoms with Crippen LogP contribution in [-0.4, -0.2) is 37.5 Å². The maximum Gasteiger partial charge on any atom is 0.326 e. The SMILES string of the molecule is CCC(Nc1ccc(S(=O)(=O)NC)cc1[N+](=O)[O-])C(=O)O. The molecular weight excluding hydrogens is 302 g/mol. The Kier molecular flexibility index (Phi) is 5.22. The summed E-state index contributed by atoms with van der Waals surface area (Å²) < 4.78 is 25.3. The summed E-state index contributed by atoms with van der Waals surface area (Å²) in [5.41, 5.74) is -0.560. The first-order chi connectivity index (χ1) is 9.72. The molecule has 0 amide bonds. The topological polar surface area (TPSA) is 139 Å². The maximum absolute atomic E-state index is 11.6. The van der Waals surface area contributed by atoms with Crippen molar-refractivity contribution in [3.63, 3.8) is 0 Å². The highest BCUT2D eigenvalue weighted by Crippen LogP contribution is 2.28. The van der Waals surface area contributed by atoms with Gasteiger partial charge in [-0.15, -0.1) is 0 Å². The van der Waals surface area contributed by atoms with Crippen molar-refractivity contribution in [3.05, 3.63) is 28.3 Å². The molecule has 116 valence electrons. The van der Waals surface area contributed by atoms with E-state index in [1.165, 1.54) is 13.1 Å². The molecule has 0 saturated carbocycles. The van der Waals surface area contributed by atoms with Gasteiger partial charge in [-0.25, -0.2) is 17.9 Å². The molecule has 1 aromatic rings. The van der Waals surface area contributed by atoms with Crippen LogP contribution in [0.5, 0.6) is 0 Å². The number of sulfonamides is 1. The van der Waals surface area contributed by atoms with Gasteiger partial charge in [-0.1, -0.05) is 6.92 Å². The zero-order chi connectivity index (χ0) is 16.2. The van der Waals surface area contributed by atoms with Crippen molar-refractivity contribution in [2.45, 2.75) is 24.3 Å². The summed E-state index contributed by atoms with van der Waals surface area (Å²) in [4.78, 5) is 20.9. The van der Waals surface area contributed by atoms with Gasteiger partial charge in [0.2, 0.25) is 10.0 Å². The Morgan fingerprint density at radius 3 is 2.52 bits per heavy atom. The van der Waals surface area contributed by atoms with E-state index in [0.29, 0.717) is 0 Å². The molecule has 0 aromatic heterocycles. The molecule has 1 unspecified atom stereocenters. The van der Waals surface area contributed by atoms with E-state index in [2.05, 4.69) is 5.32 Å². The van der Waals surface area contributed by atoms with E-state index >= 15 is 0 Å². The summed E-state index contributed by atoms with van der Waals surface area (Å²) in [6.45, 7) is 1.61. The molecule has 1 aromatic carbocycles. The summed E-state index contributed by atoms with van der Waals surface area (Å²) >= 11 is 0. The van der Waals surface area contributed by atoms with Gasteiger partial charge in [0.25, 0.3) is 5.69 Å². The van der Waals surface area contributed by atoms with Gasteiger partial charge in [-0.05, 0) is 25.6 Å². The number of benzene rings is 1. The van der Waals surface area contributed by atoms with E-state index < -0.39 is 32.6 Å². The molecular formula is C11H15N3O6S. The van der Waals surface area contributed by atoms with E-state index in [0.717, 1.165) is 12.1 Å². The summed E-state index contributed by atoms with van der Waals surface area (Å²) in [6.07, 6.45) is 0.211. The minimum absolute atomic E-state index is 0.0516. The average molecular weight is 317 g/mol. The Balaban J connectivity index is 3.29. The van der Waals surface area contributed by atoms with E-state index in [9.17, 15) is 23.3 Å². The number of anilines is 1. The third kappa shape index (κ3) is 3.89. The monoisotopic (exact) mass is 317 g/mol. The van der Waals surface area contributed by atoms with Crippen LogP contribution < -0.4 is 10.0 Å². The number of nitrogens with zero attached hydrogens (tertiary/aromatic N) is 1. The number of carboxylic acid groups (broad SMARTS) is 1. The Bertz CT molecular complexity index is 658. The van der Waals surface area contributed by atoms with Crippen LogP contribution >= 0.6 is 0 Å². The second kappa shape index (κ2) is 6.50. The number of hydrogen-bond donors (Lipinski definition) is 3. The smallest absolute Gasteiger partial charge is 0.326 e. The van der Waals surface area contributed by atoms with Crippen LogP contribution in [0, 0.1) is 10.1 Å². The Morgan fingerprint density at radius 2 is 2.10 bits per heavy atom. The first-order valence-electron chi connectivity index (χ1n) is 5.94. The van der Waals surface area contributed by atoms with Crippen LogP contribution in [0.25, 0.3) is 0 Å². The van der Waals surface area contributed by atoms with Gasteiger partial charge in [-0.2, -0.15) is 0 Å². The molecule has 0 aliphatic rings. The molecule has 0 fully saturated rings. The van der Waals surface area contributed by atoms with Gasteiger partial charge in [0.05, 0.1) is 9.82 Å². The van der Waals surface area contributed by atoms with Crippen molar-refractivity contribution < 1.29 is 23.2 Å². The number of carboxylic acids is 1. The molecule has 9 nitrogen and oxygen atoms in total. The lowest BCUT2D eigenvalue weighted by Crippen LogP contribution is -2.28. The fourth-order valence-electron chi connectivity index (χ4n) is 1.60. The molecule has 0 heterocycles. The predicted octanol–water partition coefficient (Wildman–Crippen LogP) is 0.778. The molecule has 1 atom stereocenters. The van der Waals surface area contributed by atoms with Crippen LogP contribution in [-0.2, 0) is 14.8 Å². The van der Waals surface area contributed by atoms with Crippen molar-refractivity contribution in [3.8, 4) is 0 Å². The van der Waals surface area contributed by atoms with Gasteiger partial charge in [0.15, 0.2) is 0 Å². The van der Waals surface area contributed by atoms with Gasteiger partial charge >= 0.3 is 5.97 Å². The van der Waals surface area contributed by atoms with Crippen molar-refractivity contribution in [1.29, 1.82) is 0 Å². The molecule has 0 aliphatic carbocycles. The summed E-state index contributed by atoms with van der Waals surface area (Å²) in [5.74, 6) is -1.15. The van der Waals surface area contributed by atoms with Gasteiger partial charge in [0.1, 0.15) is 11.7 Å². The molecule has 21 heavy (non-hydrogen) atoms. The van der Waals surface area contributed by atoms with E-state index in [1.54, 1.807) is 6.92 Å². The highest BCUT2D eigenvalue weighted by molar-refractivity contribution is 7.89. The standard InChI is InChI=1S/C11H15N3O6S/c1-3-8(11(15)16)13-9-5-4-7(21(19,20)12-2)6-10(9)14(17)18/h4-6,8,12-13H,3H2,1-2H3,(H,15,16). The molecule has 0 radical (unpaired) electrons. The number of rotatable bonds is 7. The van der Waals surface area contributed by atoms with Crippen LogP contribution in [0.15, 0.2) is 23.1 Å². The fourth-order valence-corrected chi connectivity index (χ4v) is 2.35. The Hall–Kier alpha value is -2.20. The first-order valence-corrected chi connectivity index (χ1v) is 7.42. The highest BCUT2D eigenvalue weighted by atomic mass is 32.2. The Morgan fingerprint density at radius 1 is 1.48 bits per heavy atom. The summed E-state index contributed by atoms with van der Waals surface area (Å²) in [5, 5.41) is 22.5. The van der Waals surface area contributed by atoms with Crippen LogP contribution in [0.1, 0.15) is 13.3 Å². The van der Waals surface area contributed by atoms with Crippen molar-refractivity contribution in [2.24, 2.45) is 0 Å². The van der Waals surface area contributed by atoms with E-state index in [4.69, 9.17) is 5.11 Å². The zero-order valence-electron chi connectivity index (χ0n) is 11.4. The zero-order valence-corrected chi connectivity index (χ0v) is 12.2. The van der Waals surface area contributed by atoms with Crippen LogP contribution in [0.2, 0.25) is 0 Å². The number of nitro groups is 1. The number of nitrogens with one attached hydrogen (secondary N) is 2. The molecule has 0 aliphatic heterocycles. The Labute approximate surface area is 121 Å². The largest absolute Gasteiger partial charge is 0.480 e. The molecule has 3 N–H and O–H groups in total. The third-order valence-corrected chi connectivity index (χ3v) is 4.19. The molecule has 1 rings (SSSR count). The lowest BCUT2D eigenvalue weighted by atomic mass is 10.2. The minimum Gasteiger partial charge on any atom is -0.480 e. The number of nitro benzene ring substituents is 1. The van der Waals surface area contributed by atoms with Crippen molar-refractivity contribution in [2.75, 3.05) is 12.4 Å². The predicted molar refractivity (Wildman–Crippen MR) is 74.7 cm³/mol. The van der Waals surface area contributed by atoms with Gasteiger partial charge in [0, 0.05) is 6.07 Å². The normalized spacial score (nSPS) is 12.7. The van der Waals surface area contributed by atoms with Crippen molar-refractivity contribution in [1.82, 2.24) is 4.72 Å². The highest BCUT2D eigenvalue weighted by Gasteiger charge is 2.23. The number of aliphatic carboxylic acids is 1. The quantitative estimate of drug-likeness (QED) is 0.498. The van der Waals surface area contributed by atoms with E-state index in [1.807, 2.05) is 4.72 Å². The lowest BCUT2D eigenvalue weighted by molar-refractivity contribution is -0.384. The average Bonchev–Trinajstić information content (AvgIpc) is 2.43. The summed E-state index contributed by atoms with van der Waals surface area (Å²) in [6, 6.07) is 2.21. The molecule has 10 heteroatoms. The third-order valence-electron chi connectivity index (χ3n) is 2.78. The number of hydrogen-bond acceptors (Lipinski definition) is 6. The second-order valence-electron chi connectivity index (χ2n) is 4.09. The van der Waals surface area contributed by atoms with Crippen LogP contribution in [0.3, 0.4) is 0 Å². The number of carbonyl (C=O) groups is 1. The molecule has 0 bridgehead atoms. The minimum atomic E-state index is -3.82. The summed E-state index contributed by atoms with van der Waals surface area (Å²) in [7, 11) is -2.63. The van der Waals surface area contributed by atoms with Gasteiger partial charge in [-0.3, -0.25) is 10.1 Å². The fraction of sp³-hybridized carbons (Fsp3) is 0.364. The lowest BCUT2D eigenvalue weighted by Gasteiger charge is -2.14. The van der Waals surface area contributed by atoms with Crippen LogP contribution in [0.4, 0.5) is 11.4 Å². The van der Waals surface area contributed by atoms with Gasteiger partial charge < -0.3 is 10.4 Å². The molecule has 0 saturated heterocycles. The second-order valence-corrected chi connectivity index (χ2v) is 5.97. The first kappa shape index (κ1) is 16.9.